The van der Waals surface area contributed by atoms with Crippen molar-refractivity contribution in [2.45, 2.75) is 18.9 Å². The summed E-state index contributed by atoms with van der Waals surface area (Å²) in [5.41, 5.74) is 5.52. The zero-order valence-electron chi connectivity index (χ0n) is 5.96. The molecule has 56 valence electrons. The molecule has 2 rings (SSSR count). The van der Waals surface area contributed by atoms with Gasteiger partial charge in [0.2, 0.25) is 0 Å². The number of hydrogen-bond acceptors (Lipinski definition) is 3. The maximum absolute atomic E-state index is 11.0. The Hall–Kier alpha value is -0.570. The summed E-state index contributed by atoms with van der Waals surface area (Å²) < 4.78 is 4.65. The molecule has 2 fully saturated rings. The van der Waals surface area contributed by atoms with Crippen molar-refractivity contribution in [1.29, 1.82) is 0 Å². The lowest BCUT2D eigenvalue weighted by Gasteiger charge is -2.28. The smallest absolute Gasteiger partial charge is 0.312 e. The van der Waals surface area contributed by atoms with E-state index in [-0.39, 0.29) is 17.4 Å². The third-order valence-electron chi connectivity index (χ3n) is 2.84. The van der Waals surface area contributed by atoms with Crippen LogP contribution in [-0.2, 0) is 9.53 Å². The van der Waals surface area contributed by atoms with E-state index in [1.165, 1.54) is 7.11 Å². The van der Waals surface area contributed by atoms with Gasteiger partial charge >= 0.3 is 5.97 Å². The van der Waals surface area contributed by atoms with Gasteiger partial charge in [0.1, 0.15) is 0 Å². The fourth-order valence-corrected chi connectivity index (χ4v) is 2.05. The Kier molecular flexibility index (Phi) is 0.944. The first-order chi connectivity index (χ1) is 4.70. The summed E-state index contributed by atoms with van der Waals surface area (Å²) in [5, 5.41) is 0. The van der Waals surface area contributed by atoms with Crippen molar-refractivity contribution in [1.82, 2.24) is 0 Å². The number of ether oxygens (including phenoxy) is 1. The van der Waals surface area contributed by atoms with Gasteiger partial charge in [-0.05, 0) is 18.8 Å². The van der Waals surface area contributed by atoms with E-state index in [1.807, 2.05) is 0 Å². The molecule has 3 nitrogen and oxygen atoms in total. The quantitative estimate of drug-likeness (QED) is 0.519. The van der Waals surface area contributed by atoms with Gasteiger partial charge in [0.15, 0.2) is 0 Å². The standard InChI is InChI=1S/C7H11NO2/c1-10-6(9)7-2-4(7)5(8)3-7/h4-5H,2-3,8H2,1H3. The zero-order valence-corrected chi connectivity index (χ0v) is 5.96. The highest BCUT2D eigenvalue weighted by Gasteiger charge is 2.71. The van der Waals surface area contributed by atoms with E-state index in [0.29, 0.717) is 5.92 Å². The van der Waals surface area contributed by atoms with Crippen LogP contribution in [0.2, 0.25) is 0 Å². The molecule has 2 aliphatic rings. The molecule has 0 aliphatic heterocycles. The van der Waals surface area contributed by atoms with E-state index in [1.54, 1.807) is 0 Å². The topological polar surface area (TPSA) is 52.3 Å². The van der Waals surface area contributed by atoms with Crippen molar-refractivity contribution in [3.05, 3.63) is 0 Å². The Morgan fingerprint density at radius 3 is 2.70 bits per heavy atom. The van der Waals surface area contributed by atoms with Gasteiger partial charge in [-0.1, -0.05) is 0 Å². The molecule has 2 aliphatic carbocycles. The summed E-state index contributed by atoms with van der Waals surface area (Å²) >= 11 is 0. The van der Waals surface area contributed by atoms with Crippen molar-refractivity contribution < 1.29 is 9.53 Å². The lowest BCUT2D eigenvalue weighted by atomic mass is 9.81. The maximum Gasteiger partial charge on any atom is 0.312 e. The molecule has 3 heteroatoms. The number of fused-ring (bicyclic) bond motifs is 1. The summed E-state index contributed by atoms with van der Waals surface area (Å²) in [6, 6.07) is 0.263. The van der Waals surface area contributed by atoms with Crippen LogP contribution in [0.15, 0.2) is 0 Å². The molecule has 2 saturated carbocycles. The molecule has 0 bridgehead atoms. The van der Waals surface area contributed by atoms with Crippen molar-refractivity contribution in [2.24, 2.45) is 17.1 Å². The second-order valence-electron chi connectivity index (χ2n) is 3.33. The van der Waals surface area contributed by atoms with Crippen LogP contribution >= 0.6 is 0 Å². The Morgan fingerprint density at radius 1 is 1.70 bits per heavy atom. The fourth-order valence-electron chi connectivity index (χ4n) is 2.05. The third kappa shape index (κ3) is 0.475. The van der Waals surface area contributed by atoms with Crippen molar-refractivity contribution in [2.75, 3.05) is 7.11 Å². The number of rotatable bonds is 1. The molecule has 0 heterocycles. The predicted octanol–water partition coefficient (Wildman–Crippen LogP) is -0.103. The van der Waals surface area contributed by atoms with Crippen LogP contribution in [0.1, 0.15) is 12.8 Å². The predicted molar refractivity (Wildman–Crippen MR) is 35.1 cm³/mol. The van der Waals surface area contributed by atoms with E-state index < -0.39 is 0 Å². The first-order valence-corrected chi connectivity index (χ1v) is 3.55. The van der Waals surface area contributed by atoms with Crippen molar-refractivity contribution in [3.8, 4) is 0 Å². The van der Waals surface area contributed by atoms with Gasteiger partial charge in [0.25, 0.3) is 0 Å². The van der Waals surface area contributed by atoms with Crippen LogP contribution in [0.4, 0.5) is 0 Å². The largest absolute Gasteiger partial charge is 0.469 e. The number of esters is 1. The minimum atomic E-state index is -0.117. The lowest BCUT2D eigenvalue weighted by Crippen LogP contribution is -2.42. The number of carbonyl (C=O) groups is 1. The molecule has 10 heavy (non-hydrogen) atoms. The normalized spacial score (nSPS) is 49.0. The highest BCUT2D eigenvalue weighted by atomic mass is 16.5. The average molecular weight is 141 g/mol. The summed E-state index contributed by atoms with van der Waals surface area (Å²) in [6.07, 6.45) is 1.80. The van der Waals surface area contributed by atoms with Crippen LogP contribution in [0, 0.1) is 11.3 Å². The van der Waals surface area contributed by atoms with E-state index in [0.717, 1.165) is 12.8 Å². The van der Waals surface area contributed by atoms with E-state index in [9.17, 15) is 4.79 Å². The number of carbonyl (C=O) groups excluding carboxylic acids is 1. The van der Waals surface area contributed by atoms with Crippen molar-refractivity contribution in [3.63, 3.8) is 0 Å². The first kappa shape index (κ1) is 6.16. The minimum absolute atomic E-state index is 0.0563. The van der Waals surface area contributed by atoms with Crippen LogP contribution in [0.5, 0.6) is 0 Å². The highest BCUT2D eigenvalue weighted by molar-refractivity contribution is 5.82. The molecular weight excluding hydrogens is 130 g/mol. The highest BCUT2D eigenvalue weighted by Crippen LogP contribution is 2.67. The Morgan fingerprint density at radius 2 is 2.40 bits per heavy atom. The monoisotopic (exact) mass is 141 g/mol. The van der Waals surface area contributed by atoms with Crippen LogP contribution in [-0.4, -0.2) is 19.1 Å². The summed E-state index contributed by atoms with van der Waals surface area (Å²) in [7, 11) is 1.44. The molecule has 2 N–H and O–H groups in total. The van der Waals surface area contributed by atoms with Gasteiger partial charge in [0, 0.05) is 6.04 Å². The third-order valence-corrected chi connectivity index (χ3v) is 2.84. The van der Waals surface area contributed by atoms with Gasteiger partial charge in [0.05, 0.1) is 12.5 Å². The SMILES string of the molecule is COC(=O)C12CC(N)C1C2. The summed E-state index contributed by atoms with van der Waals surface area (Å²) in [4.78, 5) is 11.0. The van der Waals surface area contributed by atoms with E-state index in [2.05, 4.69) is 4.74 Å². The van der Waals surface area contributed by atoms with Crippen LogP contribution in [0.25, 0.3) is 0 Å². The Bertz CT molecular complexity index is 192. The van der Waals surface area contributed by atoms with Crippen LogP contribution in [0.3, 0.4) is 0 Å². The second-order valence-corrected chi connectivity index (χ2v) is 3.33. The molecule has 0 amide bonds. The van der Waals surface area contributed by atoms with Crippen molar-refractivity contribution >= 4 is 5.97 Å². The molecule has 0 aromatic heterocycles. The molecule has 0 saturated heterocycles. The minimum Gasteiger partial charge on any atom is -0.469 e. The molecule has 0 aromatic rings. The summed E-state index contributed by atoms with van der Waals surface area (Å²) in [6.45, 7) is 0. The molecule has 0 radical (unpaired) electrons. The second kappa shape index (κ2) is 1.53. The van der Waals surface area contributed by atoms with Gasteiger partial charge < -0.3 is 10.5 Å². The number of methoxy groups -OCH3 is 1. The summed E-state index contributed by atoms with van der Waals surface area (Å²) in [5.74, 6) is 0.388. The van der Waals surface area contributed by atoms with E-state index in [4.69, 9.17) is 5.73 Å². The Labute approximate surface area is 59.5 Å². The lowest BCUT2D eigenvalue weighted by molar-refractivity contribution is -0.150. The molecule has 0 aromatic carbocycles. The molecule has 3 unspecified atom stereocenters. The fraction of sp³-hybridized carbons (Fsp3) is 0.857. The average Bonchev–Trinajstić information content (AvgIpc) is 2.55. The number of nitrogens with two attached hydrogens (primary N) is 1. The van der Waals surface area contributed by atoms with Gasteiger partial charge in [-0.2, -0.15) is 0 Å². The van der Waals surface area contributed by atoms with Gasteiger partial charge in [-0.25, -0.2) is 0 Å². The molecule has 3 atom stereocenters. The van der Waals surface area contributed by atoms with Crippen LogP contribution < -0.4 is 5.73 Å². The van der Waals surface area contributed by atoms with Gasteiger partial charge in [-0.3, -0.25) is 4.79 Å². The Balaban J connectivity index is 2.04. The maximum atomic E-state index is 11.0. The zero-order chi connectivity index (χ0) is 7.35. The molecule has 0 spiro atoms. The van der Waals surface area contributed by atoms with Gasteiger partial charge in [-0.15, -0.1) is 0 Å². The number of hydrogen-bond donors (Lipinski definition) is 1. The first-order valence-electron chi connectivity index (χ1n) is 3.55. The van der Waals surface area contributed by atoms with E-state index >= 15 is 0 Å². The molecular formula is C7H11NO2.